The topological polar surface area (TPSA) is 72.3 Å². The molecule has 28 heavy (non-hydrogen) atoms. The molecule has 2 heterocycles. The number of hydrogen-bond donors (Lipinski definition) is 1. The number of morpholine rings is 1. The molecule has 7 nitrogen and oxygen atoms in total. The quantitative estimate of drug-likeness (QED) is 0.658. The highest BCUT2D eigenvalue weighted by atomic mass is 35.5. The van der Waals surface area contributed by atoms with Crippen molar-refractivity contribution in [3.63, 3.8) is 0 Å². The molecule has 1 saturated heterocycles. The summed E-state index contributed by atoms with van der Waals surface area (Å²) in [5.41, 5.74) is 1.01. The second-order valence-electron chi connectivity index (χ2n) is 7.08. The van der Waals surface area contributed by atoms with Gasteiger partial charge in [0.15, 0.2) is 5.16 Å². The van der Waals surface area contributed by atoms with Crippen LogP contribution in [-0.2, 0) is 22.6 Å². The molecule has 1 N–H and O–H groups in total. The lowest BCUT2D eigenvalue weighted by Gasteiger charge is -2.28. The van der Waals surface area contributed by atoms with E-state index in [0.29, 0.717) is 36.5 Å². The maximum Gasteiger partial charge on any atom is 0.230 e. The van der Waals surface area contributed by atoms with Crippen LogP contribution in [0, 0.1) is 5.92 Å². The van der Waals surface area contributed by atoms with Crippen molar-refractivity contribution in [3.05, 3.63) is 34.9 Å². The van der Waals surface area contributed by atoms with E-state index in [1.54, 1.807) is 0 Å². The third-order valence-corrected chi connectivity index (χ3v) is 5.49. The van der Waals surface area contributed by atoms with Crippen LogP contribution in [0.1, 0.15) is 19.4 Å². The number of halogens is 1. The minimum absolute atomic E-state index is 0.0352. The van der Waals surface area contributed by atoms with Gasteiger partial charge in [-0.2, -0.15) is 0 Å². The Kier molecular flexibility index (Phi) is 7.58. The first kappa shape index (κ1) is 21.0. The Balaban J connectivity index is 1.58. The number of carbonyl (C=O) groups is 1. The van der Waals surface area contributed by atoms with Crippen molar-refractivity contribution in [2.45, 2.75) is 32.1 Å². The van der Waals surface area contributed by atoms with Gasteiger partial charge < -0.3 is 15.0 Å². The standard InChI is InChI=1S/C19H26ClN5O2S/c1-14(2)12-25-18(24-7-9-27-10-8-24)22-23-19(25)28-13-17(26)21-11-15-3-5-16(20)6-4-15/h3-6,14H,7-13H2,1-2H3,(H,21,26). The van der Waals surface area contributed by atoms with Gasteiger partial charge in [-0.15, -0.1) is 10.2 Å². The first-order valence-electron chi connectivity index (χ1n) is 9.42. The average molecular weight is 424 g/mol. The van der Waals surface area contributed by atoms with Crippen LogP contribution in [-0.4, -0.2) is 52.7 Å². The lowest BCUT2D eigenvalue weighted by atomic mass is 10.2. The molecule has 1 aromatic heterocycles. The van der Waals surface area contributed by atoms with Gasteiger partial charge in [-0.1, -0.05) is 49.3 Å². The highest BCUT2D eigenvalue weighted by Crippen LogP contribution is 2.24. The van der Waals surface area contributed by atoms with E-state index < -0.39 is 0 Å². The number of nitrogens with zero attached hydrogens (tertiary/aromatic N) is 4. The molecule has 0 unspecified atom stereocenters. The maximum atomic E-state index is 12.3. The van der Waals surface area contributed by atoms with E-state index in [9.17, 15) is 4.79 Å². The van der Waals surface area contributed by atoms with Gasteiger partial charge in [0.25, 0.3) is 0 Å². The number of carbonyl (C=O) groups excluding carboxylic acids is 1. The van der Waals surface area contributed by atoms with Crippen LogP contribution in [0.5, 0.6) is 0 Å². The van der Waals surface area contributed by atoms with Crippen molar-refractivity contribution in [1.82, 2.24) is 20.1 Å². The van der Waals surface area contributed by atoms with Gasteiger partial charge in [0.1, 0.15) is 0 Å². The molecule has 0 radical (unpaired) electrons. The molecular weight excluding hydrogens is 398 g/mol. The zero-order valence-electron chi connectivity index (χ0n) is 16.2. The molecule has 1 fully saturated rings. The average Bonchev–Trinajstić information content (AvgIpc) is 3.08. The predicted molar refractivity (Wildman–Crippen MR) is 112 cm³/mol. The molecule has 9 heteroatoms. The SMILES string of the molecule is CC(C)Cn1c(SCC(=O)NCc2ccc(Cl)cc2)nnc1N1CCOCC1. The summed E-state index contributed by atoms with van der Waals surface area (Å²) in [5, 5.41) is 13.1. The summed E-state index contributed by atoms with van der Waals surface area (Å²) >= 11 is 7.30. The van der Waals surface area contributed by atoms with Gasteiger partial charge in [-0.25, -0.2) is 0 Å². The fourth-order valence-corrected chi connectivity index (χ4v) is 3.79. The first-order chi connectivity index (χ1) is 13.5. The molecule has 3 rings (SSSR count). The van der Waals surface area contributed by atoms with E-state index in [1.807, 2.05) is 24.3 Å². The fourth-order valence-electron chi connectivity index (χ4n) is 2.89. The van der Waals surface area contributed by atoms with Crippen molar-refractivity contribution in [2.24, 2.45) is 5.92 Å². The molecule has 152 valence electrons. The molecule has 0 bridgehead atoms. The number of anilines is 1. The van der Waals surface area contributed by atoms with Crippen molar-refractivity contribution in [1.29, 1.82) is 0 Å². The molecule has 0 atom stereocenters. The predicted octanol–water partition coefficient (Wildman–Crippen LogP) is 2.83. The van der Waals surface area contributed by atoms with Crippen LogP contribution >= 0.6 is 23.4 Å². The monoisotopic (exact) mass is 423 g/mol. The Morgan fingerprint density at radius 3 is 2.64 bits per heavy atom. The Morgan fingerprint density at radius 1 is 1.25 bits per heavy atom. The summed E-state index contributed by atoms with van der Waals surface area (Å²) < 4.78 is 7.55. The van der Waals surface area contributed by atoms with E-state index in [2.05, 4.69) is 38.8 Å². The number of aromatic nitrogens is 3. The zero-order valence-corrected chi connectivity index (χ0v) is 17.8. The molecule has 0 saturated carbocycles. The number of rotatable bonds is 8. The minimum atomic E-state index is -0.0352. The van der Waals surface area contributed by atoms with Gasteiger partial charge >= 0.3 is 0 Å². The summed E-state index contributed by atoms with van der Waals surface area (Å²) in [7, 11) is 0. The lowest BCUT2D eigenvalue weighted by Crippen LogP contribution is -2.38. The van der Waals surface area contributed by atoms with E-state index in [1.165, 1.54) is 11.8 Å². The highest BCUT2D eigenvalue weighted by molar-refractivity contribution is 7.99. The Morgan fingerprint density at radius 2 is 1.96 bits per heavy atom. The molecule has 1 aliphatic rings. The van der Waals surface area contributed by atoms with Crippen LogP contribution in [0.2, 0.25) is 5.02 Å². The number of nitrogens with one attached hydrogen (secondary N) is 1. The number of hydrogen-bond acceptors (Lipinski definition) is 6. The molecule has 1 aromatic carbocycles. The number of amides is 1. The van der Waals surface area contributed by atoms with Gasteiger partial charge in [0.05, 0.1) is 19.0 Å². The molecule has 2 aromatic rings. The van der Waals surface area contributed by atoms with Crippen molar-refractivity contribution < 1.29 is 9.53 Å². The van der Waals surface area contributed by atoms with Crippen molar-refractivity contribution >= 4 is 35.2 Å². The Hall–Kier alpha value is -1.77. The first-order valence-corrected chi connectivity index (χ1v) is 10.8. The second-order valence-corrected chi connectivity index (χ2v) is 8.46. The summed E-state index contributed by atoms with van der Waals surface area (Å²) in [6.07, 6.45) is 0. The van der Waals surface area contributed by atoms with E-state index in [-0.39, 0.29) is 5.91 Å². The minimum Gasteiger partial charge on any atom is -0.378 e. The smallest absolute Gasteiger partial charge is 0.230 e. The summed E-state index contributed by atoms with van der Waals surface area (Å²) in [4.78, 5) is 14.5. The molecule has 0 aliphatic carbocycles. The zero-order chi connectivity index (χ0) is 19.9. The summed E-state index contributed by atoms with van der Waals surface area (Å²) in [6, 6.07) is 7.45. The molecule has 1 amide bonds. The van der Waals surface area contributed by atoms with Crippen LogP contribution in [0.4, 0.5) is 5.95 Å². The lowest BCUT2D eigenvalue weighted by molar-refractivity contribution is -0.118. The van der Waals surface area contributed by atoms with Crippen LogP contribution in [0.15, 0.2) is 29.4 Å². The van der Waals surface area contributed by atoms with Crippen LogP contribution < -0.4 is 10.2 Å². The number of thioether (sulfide) groups is 1. The normalized spacial score (nSPS) is 14.5. The maximum absolute atomic E-state index is 12.3. The summed E-state index contributed by atoms with van der Waals surface area (Å²) in [5.74, 6) is 1.58. The largest absolute Gasteiger partial charge is 0.378 e. The molecular formula is C19H26ClN5O2S. The third kappa shape index (κ3) is 5.86. The van der Waals surface area contributed by atoms with E-state index in [4.69, 9.17) is 16.3 Å². The number of benzene rings is 1. The second kappa shape index (κ2) is 10.1. The fraction of sp³-hybridized carbons (Fsp3) is 0.526. The van der Waals surface area contributed by atoms with Crippen molar-refractivity contribution in [3.8, 4) is 0 Å². The van der Waals surface area contributed by atoms with Crippen molar-refractivity contribution in [2.75, 3.05) is 37.0 Å². The van der Waals surface area contributed by atoms with Gasteiger partial charge in [0, 0.05) is 31.2 Å². The summed E-state index contributed by atoms with van der Waals surface area (Å²) in [6.45, 7) is 8.63. The molecule has 1 aliphatic heterocycles. The van der Waals surface area contributed by atoms with Gasteiger partial charge in [0.2, 0.25) is 11.9 Å². The Bertz CT molecular complexity index is 775. The van der Waals surface area contributed by atoms with E-state index in [0.717, 1.165) is 36.3 Å². The van der Waals surface area contributed by atoms with Crippen LogP contribution in [0.25, 0.3) is 0 Å². The highest BCUT2D eigenvalue weighted by Gasteiger charge is 2.21. The van der Waals surface area contributed by atoms with Crippen LogP contribution in [0.3, 0.4) is 0 Å². The van der Waals surface area contributed by atoms with E-state index >= 15 is 0 Å². The van der Waals surface area contributed by atoms with Gasteiger partial charge in [-0.3, -0.25) is 9.36 Å². The Labute approximate surface area is 174 Å². The third-order valence-electron chi connectivity index (χ3n) is 4.27. The number of ether oxygens (including phenoxy) is 1. The van der Waals surface area contributed by atoms with Gasteiger partial charge in [-0.05, 0) is 23.6 Å². The molecule has 0 spiro atoms.